The van der Waals surface area contributed by atoms with Crippen LogP contribution in [0.4, 0.5) is 14.4 Å². The smallest absolute Gasteiger partial charge is 0.432 e. The van der Waals surface area contributed by atoms with Crippen molar-refractivity contribution in [2.75, 3.05) is 27.0 Å². The van der Waals surface area contributed by atoms with Crippen molar-refractivity contribution in [3.8, 4) is 0 Å². The number of fused-ring (bicyclic) bond motifs is 1. The van der Waals surface area contributed by atoms with Gasteiger partial charge in [0.05, 0.1) is 31.5 Å². The number of aryl methyl sites for hydroxylation is 1. The first-order valence-electron chi connectivity index (χ1n) is 17.8. The molecule has 5 atom stereocenters. The molecule has 2 aliphatic rings. The molecule has 0 radical (unpaired) electrons. The summed E-state index contributed by atoms with van der Waals surface area (Å²) < 4.78 is 93.7. The highest BCUT2D eigenvalue weighted by molar-refractivity contribution is 7.62. The average molecular weight is 886 g/mol. The molecule has 1 saturated heterocycles. The summed E-state index contributed by atoms with van der Waals surface area (Å²) in [7, 11) is -10.9. The van der Waals surface area contributed by atoms with Crippen molar-refractivity contribution in [1.82, 2.24) is 14.3 Å². The molecule has 0 bridgehead atoms. The van der Waals surface area contributed by atoms with E-state index in [2.05, 4.69) is 19.4 Å². The Morgan fingerprint density at radius 1 is 0.831 bits per heavy atom. The fourth-order valence-electron chi connectivity index (χ4n) is 4.94. The van der Waals surface area contributed by atoms with Crippen LogP contribution in [0.2, 0.25) is 0 Å². The van der Waals surface area contributed by atoms with Crippen molar-refractivity contribution >= 4 is 40.2 Å². The zero-order chi connectivity index (χ0) is 43.5. The van der Waals surface area contributed by atoms with Crippen LogP contribution in [0.25, 0.3) is 6.08 Å². The first-order chi connectivity index (χ1) is 27.8. The van der Waals surface area contributed by atoms with Crippen molar-refractivity contribution in [3.05, 3.63) is 56.2 Å². The highest BCUT2D eigenvalue weighted by Crippen LogP contribution is 2.66. The maximum Gasteiger partial charge on any atom is 0.510 e. The van der Waals surface area contributed by atoms with Crippen molar-refractivity contribution in [2.45, 2.75) is 104 Å². The van der Waals surface area contributed by atoms with Crippen LogP contribution in [-0.4, -0.2) is 107 Å². The van der Waals surface area contributed by atoms with E-state index in [0.29, 0.717) is 23.4 Å². The van der Waals surface area contributed by atoms with E-state index >= 15 is 0 Å². The van der Waals surface area contributed by atoms with E-state index in [-0.39, 0.29) is 6.54 Å². The molecule has 0 saturated carbocycles. The molecular formula is C32H45N3O22P2. The van der Waals surface area contributed by atoms with Gasteiger partial charge in [0.25, 0.3) is 5.56 Å². The summed E-state index contributed by atoms with van der Waals surface area (Å²) in [4.78, 5) is 62.1. The molecule has 1 aliphatic heterocycles. The second-order valence-corrected chi connectivity index (χ2v) is 16.6. The van der Waals surface area contributed by atoms with E-state index in [4.69, 9.17) is 45.9 Å². The number of carbonyl (C=O) groups is 3. The summed E-state index contributed by atoms with van der Waals surface area (Å²) in [5, 5.41) is 25.9. The highest BCUT2D eigenvalue weighted by atomic mass is 31.3. The van der Waals surface area contributed by atoms with Gasteiger partial charge in [-0.1, -0.05) is 17.3 Å². The fraction of sp³-hybridized carbons (Fsp3) is 0.625. The number of aliphatic hydroxyl groups excluding tert-OH is 2. The van der Waals surface area contributed by atoms with Gasteiger partial charge in [0.15, 0.2) is 6.23 Å². The first-order valence-corrected chi connectivity index (χ1v) is 20.7. The van der Waals surface area contributed by atoms with Gasteiger partial charge in [-0.3, -0.25) is 18.5 Å². The summed E-state index contributed by atoms with van der Waals surface area (Å²) >= 11 is 0. The van der Waals surface area contributed by atoms with Crippen LogP contribution in [-0.2, 0) is 77.7 Å². The molecule has 1 unspecified atom stereocenters. The Kier molecular flexibility index (Phi) is 17.0. The molecule has 0 aromatic carbocycles. The Balaban J connectivity index is 1.54. The number of aromatic nitrogens is 3. The molecule has 1 fully saturated rings. The fourth-order valence-corrected chi connectivity index (χ4v) is 7.70. The minimum atomic E-state index is -5.46. The number of nitrogens with zero attached hydrogens (tertiary/aromatic N) is 3. The maximum absolute atomic E-state index is 14.0. The average Bonchev–Trinajstić information content (AvgIpc) is 3.67. The Hall–Kier alpha value is -4.42. The number of hydrogen-bond donors (Lipinski definition) is 2. The number of ether oxygens (including phenoxy) is 7. The van der Waals surface area contributed by atoms with Crippen molar-refractivity contribution < 1.29 is 93.8 Å². The SMILES string of the molecule is CC(C)OC(=O)OCOP(=O)(OCOC(=O)OC(C)C)OP(=O)(OCOC(=O)OC(C)C)OC[C@H]1O[C@@H](n2ccc(=O)n(Cc3noc4c3C=CCC4)c2=O)[C@@H](O)[C@H]1O. The summed E-state index contributed by atoms with van der Waals surface area (Å²) in [6.07, 6.45) is -7.08. The lowest BCUT2D eigenvalue weighted by Crippen LogP contribution is -2.43. The van der Waals surface area contributed by atoms with E-state index in [1.165, 1.54) is 41.5 Å². The Morgan fingerprint density at radius 3 is 1.88 bits per heavy atom. The lowest BCUT2D eigenvalue weighted by atomic mass is 10.0. The van der Waals surface area contributed by atoms with Gasteiger partial charge in [-0.15, -0.1) is 0 Å². The molecule has 25 nitrogen and oxygen atoms in total. The van der Waals surface area contributed by atoms with Crippen LogP contribution >= 0.6 is 15.6 Å². The lowest BCUT2D eigenvalue weighted by Gasteiger charge is -2.24. The first kappa shape index (κ1) is 47.3. The summed E-state index contributed by atoms with van der Waals surface area (Å²) in [6, 6.07) is 1.01. The Bertz CT molecular complexity index is 1980. The second-order valence-electron chi connectivity index (χ2n) is 13.1. The molecule has 0 spiro atoms. The number of phosphoric acid groups is 2. The van der Waals surface area contributed by atoms with E-state index in [0.717, 1.165) is 27.8 Å². The second kappa shape index (κ2) is 21.2. The molecule has 3 heterocycles. The maximum atomic E-state index is 14.0. The number of rotatable bonds is 20. The number of aliphatic hydroxyl groups is 2. The third kappa shape index (κ3) is 13.8. The molecule has 4 rings (SSSR count). The van der Waals surface area contributed by atoms with Gasteiger partial charge in [0.2, 0.25) is 20.4 Å². The molecule has 27 heteroatoms. The van der Waals surface area contributed by atoms with Crippen molar-refractivity contribution in [1.29, 1.82) is 0 Å². The van der Waals surface area contributed by atoms with Gasteiger partial charge < -0.3 is 47.9 Å². The van der Waals surface area contributed by atoms with Gasteiger partial charge >= 0.3 is 39.8 Å². The minimum Gasteiger partial charge on any atom is -0.432 e. The van der Waals surface area contributed by atoms with Crippen LogP contribution < -0.4 is 11.2 Å². The van der Waals surface area contributed by atoms with Crippen LogP contribution in [0, 0.1) is 0 Å². The monoisotopic (exact) mass is 885 g/mol. The van der Waals surface area contributed by atoms with Crippen LogP contribution in [0.1, 0.15) is 71.2 Å². The molecule has 0 amide bonds. The van der Waals surface area contributed by atoms with Crippen LogP contribution in [0.5, 0.6) is 0 Å². The molecule has 2 aromatic heterocycles. The van der Waals surface area contributed by atoms with Gasteiger partial charge in [-0.2, -0.15) is 4.31 Å². The van der Waals surface area contributed by atoms with Gasteiger partial charge in [0, 0.05) is 24.2 Å². The Morgan fingerprint density at radius 2 is 1.36 bits per heavy atom. The molecule has 1 aliphatic carbocycles. The summed E-state index contributed by atoms with van der Waals surface area (Å²) in [5.74, 6) is 0.577. The largest absolute Gasteiger partial charge is 0.510 e. The molecule has 2 aromatic rings. The summed E-state index contributed by atoms with van der Waals surface area (Å²) in [6.45, 7) is 3.80. The third-order valence-corrected chi connectivity index (χ3v) is 10.8. The number of allylic oxidation sites excluding steroid dienone is 1. The van der Waals surface area contributed by atoms with Gasteiger partial charge in [-0.25, -0.2) is 41.9 Å². The molecule has 2 N–H and O–H groups in total. The van der Waals surface area contributed by atoms with Crippen molar-refractivity contribution in [2.24, 2.45) is 0 Å². The Labute approximate surface area is 335 Å². The zero-order valence-corrected chi connectivity index (χ0v) is 34.4. The van der Waals surface area contributed by atoms with Crippen molar-refractivity contribution in [3.63, 3.8) is 0 Å². The van der Waals surface area contributed by atoms with E-state index in [9.17, 15) is 43.3 Å². The highest BCUT2D eigenvalue weighted by Gasteiger charge is 2.48. The minimum absolute atomic E-state index is 0.290. The molecular weight excluding hydrogens is 840 g/mol. The van der Waals surface area contributed by atoms with Crippen LogP contribution in [0.3, 0.4) is 0 Å². The lowest BCUT2D eigenvalue weighted by molar-refractivity contribution is -0.0625. The molecule has 59 heavy (non-hydrogen) atoms. The summed E-state index contributed by atoms with van der Waals surface area (Å²) in [5.41, 5.74) is -0.812. The quantitative estimate of drug-likeness (QED) is 0.0832. The van der Waals surface area contributed by atoms with E-state index in [1.807, 2.05) is 6.08 Å². The predicted molar refractivity (Wildman–Crippen MR) is 192 cm³/mol. The normalized spacial score (nSPS) is 20.0. The third-order valence-electron chi connectivity index (χ3n) is 7.47. The van der Waals surface area contributed by atoms with E-state index < -0.39 is 115 Å². The molecule has 330 valence electrons. The zero-order valence-electron chi connectivity index (χ0n) is 32.6. The number of carbonyl (C=O) groups excluding carboxylic acids is 3. The van der Waals surface area contributed by atoms with E-state index in [1.54, 1.807) is 6.08 Å². The van der Waals surface area contributed by atoms with Crippen LogP contribution in [0.15, 0.2) is 32.5 Å². The predicted octanol–water partition coefficient (Wildman–Crippen LogP) is 3.48. The number of hydrogen-bond acceptors (Lipinski definition) is 23. The topological polar surface area (TPSA) is 307 Å². The number of phosphoric ester groups is 2. The standard InChI is InChI=1S/C32H45N3O22P2/c1-18(2)52-30(40)45-15-49-58(43,57-59(44,50-16-46-31(41)53-19(3)4)51-17-47-32(42)54-20(5)6)48-14-24-26(37)27(38)28(55-24)34-12-11-25(36)35(29(34)39)13-22-21-9-7-8-10-23(21)56-33-22/h7,9,11-12,18-20,24,26-28,37-38H,8,10,13-17H2,1-6H3/t24-,26+,27+,28-,58?/m1/s1. The van der Waals surface area contributed by atoms with Gasteiger partial charge in [0.1, 0.15) is 29.8 Å². The van der Waals surface area contributed by atoms with Gasteiger partial charge in [-0.05, 0) is 48.0 Å².